The zero-order valence-corrected chi connectivity index (χ0v) is 15.0. The molecule has 1 aromatic rings. The Labute approximate surface area is 140 Å². The number of hydrogen-bond donors (Lipinski definition) is 1. The van der Waals surface area contributed by atoms with Crippen LogP contribution in [0.3, 0.4) is 0 Å². The first-order valence-corrected chi connectivity index (χ1v) is 8.75. The average molecular weight is 321 g/mol. The van der Waals surface area contributed by atoms with Crippen molar-refractivity contribution in [3.63, 3.8) is 0 Å². The van der Waals surface area contributed by atoms with Crippen LogP contribution in [0.5, 0.6) is 11.5 Å². The Morgan fingerprint density at radius 1 is 1.13 bits per heavy atom. The van der Waals surface area contributed by atoms with Gasteiger partial charge in [0, 0.05) is 13.0 Å². The second-order valence-electron chi connectivity index (χ2n) is 5.85. The first kappa shape index (κ1) is 19.3. The van der Waals surface area contributed by atoms with E-state index in [1.165, 1.54) is 0 Å². The topological polar surface area (TPSA) is 47.6 Å². The highest BCUT2D eigenvalue weighted by molar-refractivity contribution is 5.76. The molecule has 0 spiro atoms. The number of nitrogens with one attached hydrogen (secondary N) is 1. The minimum Gasteiger partial charge on any atom is -0.490 e. The Morgan fingerprint density at radius 2 is 1.83 bits per heavy atom. The van der Waals surface area contributed by atoms with Crippen molar-refractivity contribution in [1.29, 1.82) is 0 Å². The molecule has 0 saturated carbocycles. The third-order valence-electron chi connectivity index (χ3n) is 3.66. The van der Waals surface area contributed by atoms with Crippen LogP contribution >= 0.6 is 0 Å². The molecule has 0 bridgehead atoms. The summed E-state index contributed by atoms with van der Waals surface area (Å²) in [7, 11) is 0. The molecule has 1 unspecified atom stereocenters. The van der Waals surface area contributed by atoms with Crippen LogP contribution in [0.1, 0.15) is 52.5 Å². The standard InChI is InChI=1S/C19H31NO3/c1-5-8-15(4)13-19(21)20-12-11-16-9-10-17(22-6-2)18(14-16)23-7-3/h9-10,14-15H,5-8,11-13H2,1-4H3,(H,20,21). The van der Waals surface area contributed by atoms with Gasteiger partial charge in [-0.3, -0.25) is 4.79 Å². The molecule has 23 heavy (non-hydrogen) atoms. The highest BCUT2D eigenvalue weighted by atomic mass is 16.5. The molecular weight excluding hydrogens is 290 g/mol. The van der Waals surface area contributed by atoms with E-state index in [2.05, 4.69) is 19.2 Å². The maximum Gasteiger partial charge on any atom is 0.220 e. The molecule has 130 valence electrons. The summed E-state index contributed by atoms with van der Waals surface area (Å²) >= 11 is 0. The summed E-state index contributed by atoms with van der Waals surface area (Å²) in [6.45, 7) is 10.1. The van der Waals surface area contributed by atoms with E-state index in [0.29, 0.717) is 32.1 Å². The second kappa shape index (κ2) is 10.9. The molecule has 1 aromatic carbocycles. The van der Waals surface area contributed by atoms with Gasteiger partial charge in [0.15, 0.2) is 11.5 Å². The van der Waals surface area contributed by atoms with E-state index in [1.54, 1.807) is 0 Å². The fourth-order valence-electron chi connectivity index (χ4n) is 2.58. The fourth-order valence-corrected chi connectivity index (χ4v) is 2.58. The zero-order chi connectivity index (χ0) is 17.1. The summed E-state index contributed by atoms with van der Waals surface area (Å²) < 4.78 is 11.2. The summed E-state index contributed by atoms with van der Waals surface area (Å²) in [5.74, 6) is 2.14. The lowest BCUT2D eigenvalue weighted by atomic mass is 10.0. The van der Waals surface area contributed by atoms with E-state index in [1.807, 2.05) is 32.0 Å². The third kappa shape index (κ3) is 7.40. The predicted octanol–water partition coefficient (Wildman–Crippen LogP) is 3.97. The molecule has 0 fully saturated rings. The molecule has 4 heteroatoms. The van der Waals surface area contributed by atoms with Gasteiger partial charge in [-0.15, -0.1) is 0 Å². The summed E-state index contributed by atoms with van der Waals surface area (Å²) in [6, 6.07) is 5.97. The van der Waals surface area contributed by atoms with Gasteiger partial charge in [-0.2, -0.15) is 0 Å². The van der Waals surface area contributed by atoms with Gasteiger partial charge in [0.2, 0.25) is 5.91 Å². The molecule has 0 aliphatic carbocycles. The van der Waals surface area contributed by atoms with E-state index in [4.69, 9.17) is 9.47 Å². The summed E-state index contributed by atoms with van der Waals surface area (Å²) in [6.07, 6.45) is 3.63. The maximum atomic E-state index is 11.9. The van der Waals surface area contributed by atoms with Gasteiger partial charge in [-0.1, -0.05) is 32.8 Å². The van der Waals surface area contributed by atoms with E-state index >= 15 is 0 Å². The van der Waals surface area contributed by atoms with Crippen molar-refractivity contribution in [2.45, 2.75) is 53.4 Å². The molecule has 0 aliphatic heterocycles. The molecular formula is C19H31NO3. The molecule has 0 heterocycles. The molecule has 1 N–H and O–H groups in total. The van der Waals surface area contributed by atoms with Crippen LogP contribution in [-0.2, 0) is 11.2 Å². The van der Waals surface area contributed by atoms with Crippen LogP contribution in [-0.4, -0.2) is 25.7 Å². The second-order valence-corrected chi connectivity index (χ2v) is 5.85. The Hall–Kier alpha value is -1.71. The van der Waals surface area contributed by atoms with Crippen molar-refractivity contribution >= 4 is 5.91 Å². The van der Waals surface area contributed by atoms with Crippen molar-refractivity contribution in [2.24, 2.45) is 5.92 Å². The summed E-state index contributed by atoms with van der Waals surface area (Å²) in [4.78, 5) is 11.9. The van der Waals surface area contributed by atoms with E-state index < -0.39 is 0 Å². The number of hydrogen-bond acceptors (Lipinski definition) is 3. The third-order valence-corrected chi connectivity index (χ3v) is 3.66. The number of rotatable bonds is 11. The Balaban J connectivity index is 2.48. The highest BCUT2D eigenvalue weighted by Gasteiger charge is 2.09. The van der Waals surface area contributed by atoms with Gasteiger partial charge < -0.3 is 14.8 Å². The van der Waals surface area contributed by atoms with E-state index in [-0.39, 0.29) is 5.91 Å². The molecule has 0 aromatic heterocycles. The summed E-state index contributed by atoms with van der Waals surface area (Å²) in [5, 5.41) is 3.00. The number of ether oxygens (including phenoxy) is 2. The molecule has 4 nitrogen and oxygen atoms in total. The maximum absolute atomic E-state index is 11.9. The van der Waals surface area contributed by atoms with Crippen LogP contribution in [0.2, 0.25) is 0 Å². The van der Waals surface area contributed by atoms with Gasteiger partial charge in [-0.25, -0.2) is 0 Å². The van der Waals surface area contributed by atoms with Crippen molar-refractivity contribution in [3.05, 3.63) is 23.8 Å². The minimum absolute atomic E-state index is 0.141. The Kier molecular flexibility index (Phi) is 9.18. The number of benzene rings is 1. The monoisotopic (exact) mass is 321 g/mol. The Morgan fingerprint density at radius 3 is 2.48 bits per heavy atom. The van der Waals surface area contributed by atoms with Crippen LogP contribution in [0.4, 0.5) is 0 Å². The number of carbonyl (C=O) groups is 1. The molecule has 1 atom stereocenters. The molecule has 0 radical (unpaired) electrons. The lowest BCUT2D eigenvalue weighted by Gasteiger charge is -2.13. The normalized spacial score (nSPS) is 11.8. The Bertz CT molecular complexity index is 474. The zero-order valence-electron chi connectivity index (χ0n) is 15.0. The van der Waals surface area contributed by atoms with E-state index in [0.717, 1.165) is 36.3 Å². The van der Waals surface area contributed by atoms with E-state index in [9.17, 15) is 4.79 Å². The van der Waals surface area contributed by atoms with Gasteiger partial charge in [0.25, 0.3) is 0 Å². The smallest absolute Gasteiger partial charge is 0.220 e. The van der Waals surface area contributed by atoms with Gasteiger partial charge in [0.05, 0.1) is 13.2 Å². The van der Waals surface area contributed by atoms with Gasteiger partial charge in [0.1, 0.15) is 0 Å². The van der Waals surface area contributed by atoms with Gasteiger partial charge >= 0.3 is 0 Å². The lowest BCUT2D eigenvalue weighted by molar-refractivity contribution is -0.121. The van der Waals surface area contributed by atoms with Crippen molar-refractivity contribution in [2.75, 3.05) is 19.8 Å². The number of carbonyl (C=O) groups excluding carboxylic acids is 1. The highest BCUT2D eigenvalue weighted by Crippen LogP contribution is 2.28. The van der Waals surface area contributed by atoms with Crippen molar-refractivity contribution in [1.82, 2.24) is 5.32 Å². The molecule has 1 amide bonds. The van der Waals surface area contributed by atoms with Gasteiger partial charge in [-0.05, 0) is 43.9 Å². The van der Waals surface area contributed by atoms with Crippen LogP contribution in [0.15, 0.2) is 18.2 Å². The average Bonchev–Trinajstić information content (AvgIpc) is 2.50. The molecule has 0 saturated heterocycles. The quantitative estimate of drug-likeness (QED) is 0.671. The summed E-state index contributed by atoms with van der Waals surface area (Å²) in [5.41, 5.74) is 1.14. The van der Waals surface area contributed by atoms with Crippen molar-refractivity contribution < 1.29 is 14.3 Å². The first-order valence-electron chi connectivity index (χ1n) is 8.75. The number of amides is 1. The van der Waals surface area contributed by atoms with Crippen LogP contribution in [0.25, 0.3) is 0 Å². The predicted molar refractivity (Wildman–Crippen MR) is 94.2 cm³/mol. The lowest BCUT2D eigenvalue weighted by Crippen LogP contribution is -2.27. The largest absolute Gasteiger partial charge is 0.490 e. The van der Waals surface area contributed by atoms with Crippen molar-refractivity contribution in [3.8, 4) is 11.5 Å². The molecule has 0 aliphatic rings. The fraction of sp³-hybridized carbons (Fsp3) is 0.632. The van der Waals surface area contributed by atoms with Crippen LogP contribution in [0, 0.1) is 5.92 Å². The minimum atomic E-state index is 0.141. The van der Waals surface area contributed by atoms with Crippen LogP contribution < -0.4 is 14.8 Å². The SMILES string of the molecule is CCCC(C)CC(=O)NCCc1ccc(OCC)c(OCC)c1. The first-order chi connectivity index (χ1) is 11.1. The molecule has 1 rings (SSSR count).